The van der Waals surface area contributed by atoms with Gasteiger partial charge in [-0.3, -0.25) is 4.79 Å². The van der Waals surface area contributed by atoms with Gasteiger partial charge in [-0.15, -0.1) is 0 Å². The van der Waals surface area contributed by atoms with Crippen molar-refractivity contribution in [1.82, 2.24) is 0 Å². The predicted molar refractivity (Wildman–Crippen MR) is 87.7 cm³/mol. The van der Waals surface area contributed by atoms with Crippen LogP contribution in [0.3, 0.4) is 0 Å². The van der Waals surface area contributed by atoms with Crippen molar-refractivity contribution in [2.45, 2.75) is 10.0 Å². The minimum absolute atomic E-state index is 0.0587. The third kappa shape index (κ3) is 3.64. The molecule has 0 heterocycles. The molecule has 0 radical (unpaired) electrons. The molecule has 1 N–H and O–H groups in total. The first-order chi connectivity index (χ1) is 9.09. The molecule has 4 heteroatoms. The van der Waals surface area contributed by atoms with Crippen molar-refractivity contribution < 1.29 is 9.90 Å². The number of halogens is 2. The van der Waals surface area contributed by atoms with Gasteiger partial charge >= 0.3 is 0 Å². The summed E-state index contributed by atoms with van der Waals surface area (Å²) in [5, 5.41) is 10.3. The van der Waals surface area contributed by atoms with Crippen molar-refractivity contribution in [2.24, 2.45) is 0 Å². The van der Waals surface area contributed by atoms with E-state index < -0.39 is 10.0 Å². The van der Waals surface area contributed by atoms with Gasteiger partial charge in [-0.25, -0.2) is 0 Å². The SMILES string of the molecule is O=C(c1ccccc1)[C@@H](I)[C@@H](O)c1ccc(Br)cc1. The molecule has 2 aromatic carbocycles. The molecule has 2 atom stereocenters. The highest BCUT2D eigenvalue weighted by Crippen LogP contribution is 2.27. The molecule has 0 fully saturated rings. The summed E-state index contributed by atoms with van der Waals surface area (Å²) in [6.07, 6.45) is -0.804. The van der Waals surface area contributed by atoms with Crippen molar-refractivity contribution >= 4 is 44.3 Å². The monoisotopic (exact) mass is 430 g/mol. The highest BCUT2D eigenvalue weighted by Gasteiger charge is 2.25. The Morgan fingerprint density at radius 1 is 1.05 bits per heavy atom. The number of rotatable bonds is 4. The maximum absolute atomic E-state index is 12.2. The lowest BCUT2D eigenvalue weighted by Crippen LogP contribution is -2.22. The van der Waals surface area contributed by atoms with E-state index in [0.717, 1.165) is 10.0 Å². The summed E-state index contributed by atoms with van der Waals surface area (Å²) < 4.78 is 0.448. The summed E-state index contributed by atoms with van der Waals surface area (Å²) >= 11 is 5.34. The fourth-order valence-electron chi connectivity index (χ4n) is 1.73. The van der Waals surface area contributed by atoms with Crippen LogP contribution >= 0.6 is 38.5 Å². The summed E-state index contributed by atoms with van der Waals surface area (Å²) in [6.45, 7) is 0. The molecule has 19 heavy (non-hydrogen) atoms. The van der Waals surface area contributed by atoms with Crippen LogP contribution in [0.15, 0.2) is 59.1 Å². The van der Waals surface area contributed by atoms with Crippen molar-refractivity contribution in [2.75, 3.05) is 0 Å². The lowest BCUT2D eigenvalue weighted by molar-refractivity contribution is 0.0910. The molecule has 0 saturated carbocycles. The Morgan fingerprint density at radius 2 is 1.63 bits per heavy atom. The van der Waals surface area contributed by atoms with Crippen LogP contribution in [0.2, 0.25) is 0 Å². The van der Waals surface area contributed by atoms with Crippen LogP contribution in [0, 0.1) is 0 Å². The van der Waals surface area contributed by atoms with Gasteiger partial charge < -0.3 is 5.11 Å². The number of hydrogen-bond acceptors (Lipinski definition) is 2. The zero-order valence-corrected chi connectivity index (χ0v) is 13.7. The average Bonchev–Trinajstić information content (AvgIpc) is 2.46. The van der Waals surface area contributed by atoms with Gasteiger partial charge in [0, 0.05) is 10.0 Å². The number of carbonyl (C=O) groups is 1. The Bertz CT molecular complexity index is 554. The minimum atomic E-state index is -0.804. The zero-order valence-electron chi connectivity index (χ0n) is 9.96. The van der Waals surface area contributed by atoms with Crippen LogP contribution in [0.25, 0.3) is 0 Å². The van der Waals surface area contributed by atoms with E-state index in [4.69, 9.17) is 0 Å². The van der Waals surface area contributed by atoms with Crippen LogP contribution in [-0.2, 0) is 0 Å². The van der Waals surface area contributed by atoms with Crippen LogP contribution in [0.5, 0.6) is 0 Å². The van der Waals surface area contributed by atoms with E-state index in [9.17, 15) is 9.90 Å². The molecule has 2 aromatic rings. The molecule has 0 bridgehead atoms. The standard InChI is InChI=1S/C15H12BrIO2/c16-12-8-6-11(7-9-12)15(19)13(17)14(18)10-4-2-1-3-5-10/h1-9,13,15,19H/t13-,15+/m1/s1. The van der Waals surface area contributed by atoms with Crippen molar-refractivity contribution in [3.8, 4) is 0 Å². The van der Waals surface area contributed by atoms with E-state index in [2.05, 4.69) is 15.9 Å². The Balaban J connectivity index is 2.17. The molecule has 0 aliphatic carbocycles. The molecule has 98 valence electrons. The average molecular weight is 431 g/mol. The largest absolute Gasteiger partial charge is 0.387 e. The number of alkyl halides is 1. The maximum Gasteiger partial charge on any atom is 0.178 e. The van der Waals surface area contributed by atoms with E-state index in [1.807, 2.05) is 65.1 Å². The molecule has 0 aromatic heterocycles. The second kappa shape index (κ2) is 6.63. The highest BCUT2D eigenvalue weighted by molar-refractivity contribution is 14.1. The van der Waals surface area contributed by atoms with Gasteiger partial charge in [0.25, 0.3) is 0 Å². The van der Waals surface area contributed by atoms with Crippen molar-refractivity contribution in [3.63, 3.8) is 0 Å². The zero-order chi connectivity index (χ0) is 13.8. The smallest absolute Gasteiger partial charge is 0.178 e. The van der Waals surface area contributed by atoms with Crippen molar-refractivity contribution in [3.05, 3.63) is 70.2 Å². The second-order valence-corrected chi connectivity index (χ2v) is 6.39. The number of benzene rings is 2. The van der Waals surface area contributed by atoms with Gasteiger partial charge in [-0.05, 0) is 17.7 Å². The van der Waals surface area contributed by atoms with Crippen LogP contribution in [0.4, 0.5) is 0 Å². The molecule has 0 unspecified atom stereocenters. The molecular weight excluding hydrogens is 419 g/mol. The molecule has 2 rings (SSSR count). The van der Waals surface area contributed by atoms with Gasteiger partial charge in [-0.1, -0.05) is 81.0 Å². The van der Waals surface area contributed by atoms with E-state index in [1.54, 1.807) is 12.1 Å². The number of aliphatic hydroxyl groups is 1. The Morgan fingerprint density at radius 3 is 2.21 bits per heavy atom. The summed E-state index contributed by atoms with van der Waals surface area (Å²) in [6, 6.07) is 16.4. The van der Waals surface area contributed by atoms with E-state index in [-0.39, 0.29) is 5.78 Å². The molecular formula is C15H12BrIO2. The lowest BCUT2D eigenvalue weighted by Gasteiger charge is -2.17. The molecule has 0 saturated heterocycles. The quantitative estimate of drug-likeness (QED) is 0.449. The number of aliphatic hydroxyl groups excluding tert-OH is 1. The topological polar surface area (TPSA) is 37.3 Å². The molecule has 0 spiro atoms. The highest BCUT2D eigenvalue weighted by atomic mass is 127. The van der Waals surface area contributed by atoms with E-state index in [0.29, 0.717) is 5.56 Å². The first-order valence-electron chi connectivity index (χ1n) is 5.76. The molecule has 0 amide bonds. The fourth-order valence-corrected chi connectivity index (χ4v) is 2.77. The normalized spacial score (nSPS) is 13.8. The van der Waals surface area contributed by atoms with Crippen LogP contribution in [-0.4, -0.2) is 14.8 Å². The summed E-state index contributed by atoms with van der Waals surface area (Å²) in [7, 11) is 0. The predicted octanol–water partition coefficient (Wildman–Crippen LogP) is 4.17. The first kappa shape index (κ1) is 14.7. The van der Waals surface area contributed by atoms with Gasteiger partial charge in [-0.2, -0.15) is 0 Å². The minimum Gasteiger partial charge on any atom is -0.387 e. The Hall–Kier alpha value is -0.720. The maximum atomic E-state index is 12.2. The van der Waals surface area contributed by atoms with Crippen LogP contribution < -0.4 is 0 Å². The second-order valence-electron chi connectivity index (χ2n) is 4.13. The summed E-state index contributed by atoms with van der Waals surface area (Å²) in [5.41, 5.74) is 1.37. The molecule has 0 aliphatic heterocycles. The number of hydrogen-bond donors (Lipinski definition) is 1. The molecule has 0 aliphatic rings. The third-order valence-electron chi connectivity index (χ3n) is 2.80. The molecule has 2 nitrogen and oxygen atoms in total. The Labute approximate surface area is 134 Å². The number of carbonyl (C=O) groups excluding carboxylic acids is 1. The van der Waals surface area contributed by atoms with Gasteiger partial charge in [0.15, 0.2) is 5.78 Å². The van der Waals surface area contributed by atoms with Crippen molar-refractivity contribution in [1.29, 1.82) is 0 Å². The lowest BCUT2D eigenvalue weighted by atomic mass is 10.0. The van der Waals surface area contributed by atoms with Crippen LogP contribution in [0.1, 0.15) is 22.0 Å². The third-order valence-corrected chi connectivity index (χ3v) is 4.57. The first-order valence-corrected chi connectivity index (χ1v) is 7.80. The van der Waals surface area contributed by atoms with Gasteiger partial charge in [0.05, 0.1) is 6.10 Å². The summed E-state index contributed by atoms with van der Waals surface area (Å²) in [4.78, 5) is 12.2. The van der Waals surface area contributed by atoms with E-state index >= 15 is 0 Å². The van der Waals surface area contributed by atoms with Gasteiger partial charge in [0.1, 0.15) is 3.92 Å². The number of Topliss-reactive ketones (excluding diaryl/α,β-unsaturated/α-hetero) is 1. The summed E-state index contributed by atoms with van der Waals surface area (Å²) in [5.74, 6) is -0.0587. The number of ketones is 1. The fraction of sp³-hybridized carbons (Fsp3) is 0.133. The van der Waals surface area contributed by atoms with Gasteiger partial charge in [0.2, 0.25) is 0 Å². The Kier molecular flexibility index (Phi) is 5.13. The van der Waals surface area contributed by atoms with E-state index in [1.165, 1.54) is 0 Å².